The predicted octanol–water partition coefficient (Wildman–Crippen LogP) is 4.81. The quantitative estimate of drug-likeness (QED) is 0.877. The molecule has 0 saturated heterocycles. The lowest BCUT2D eigenvalue weighted by Crippen LogP contribution is -2.04. The van der Waals surface area contributed by atoms with Crippen LogP contribution < -0.4 is 10.5 Å². The van der Waals surface area contributed by atoms with Gasteiger partial charge in [0.15, 0.2) is 0 Å². The molecule has 0 spiro atoms. The van der Waals surface area contributed by atoms with Crippen LogP contribution in [0.1, 0.15) is 18.5 Å². The molecule has 0 fully saturated rings. The fourth-order valence-corrected chi connectivity index (χ4v) is 1.93. The van der Waals surface area contributed by atoms with E-state index in [9.17, 15) is 0 Å². The van der Waals surface area contributed by atoms with E-state index >= 15 is 0 Å². The molecule has 1 atom stereocenters. The average Bonchev–Trinajstić information content (AvgIpc) is 2.34. The first-order chi connectivity index (χ1) is 8.58. The lowest BCUT2D eigenvalue weighted by atomic mass is 10.1. The summed E-state index contributed by atoms with van der Waals surface area (Å²) in [6.07, 6.45) is 0. The van der Waals surface area contributed by atoms with Crippen LogP contribution in [-0.2, 0) is 0 Å². The van der Waals surface area contributed by atoms with Crippen molar-refractivity contribution in [2.45, 2.75) is 13.0 Å². The molecule has 0 aliphatic carbocycles. The van der Waals surface area contributed by atoms with Crippen molar-refractivity contribution in [3.05, 3.63) is 58.1 Å². The van der Waals surface area contributed by atoms with E-state index in [1.807, 2.05) is 25.1 Å². The molecule has 4 heteroatoms. The van der Waals surface area contributed by atoms with Gasteiger partial charge in [0, 0.05) is 6.04 Å². The number of rotatable bonds is 3. The van der Waals surface area contributed by atoms with E-state index in [1.54, 1.807) is 24.3 Å². The highest BCUT2D eigenvalue weighted by molar-refractivity contribution is 6.32. The summed E-state index contributed by atoms with van der Waals surface area (Å²) >= 11 is 12.2. The molecule has 0 saturated carbocycles. The third kappa shape index (κ3) is 2.96. The predicted molar refractivity (Wildman–Crippen MR) is 75.6 cm³/mol. The van der Waals surface area contributed by atoms with Crippen LogP contribution in [0.5, 0.6) is 11.5 Å². The van der Waals surface area contributed by atoms with E-state index in [0.29, 0.717) is 21.5 Å². The van der Waals surface area contributed by atoms with E-state index < -0.39 is 0 Å². The second kappa shape index (κ2) is 5.61. The number of benzene rings is 2. The molecule has 2 aromatic carbocycles. The zero-order valence-electron chi connectivity index (χ0n) is 9.86. The van der Waals surface area contributed by atoms with Crippen molar-refractivity contribution in [3.8, 4) is 11.5 Å². The lowest BCUT2D eigenvalue weighted by Gasteiger charge is -2.11. The first-order valence-corrected chi connectivity index (χ1v) is 6.31. The van der Waals surface area contributed by atoms with Crippen LogP contribution in [0.25, 0.3) is 0 Å². The topological polar surface area (TPSA) is 35.2 Å². The summed E-state index contributed by atoms with van der Waals surface area (Å²) in [5, 5.41) is 1.06. The second-order valence-electron chi connectivity index (χ2n) is 4.01. The van der Waals surface area contributed by atoms with E-state index in [4.69, 9.17) is 33.7 Å². The number of ether oxygens (including phenoxy) is 1. The van der Waals surface area contributed by atoms with E-state index in [-0.39, 0.29) is 6.04 Å². The van der Waals surface area contributed by atoms with Crippen LogP contribution in [0.15, 0.2) is 42.5 Å². The Morgan fingerprint density at radius 3 is 2.28 bits per heavy atom. The molecule has 0 bridgehead atoms. The van der Waals surface area contributed by atoms with Gasteiger partial charge in [-0.25, -0.2) is 0 Å². The number of nitrogens with two attached hydrogens (primary N) is 1. The lowest BCUT2D eigenvalue weighted by molar-refractivity contribution is 0.483. The van der Waals surface area contributed by atoms with Crippen molar-refractivity contribution in [2.24, 2.45) is 5.73 Å². The molecule has 0 aromatic heterocycles. The number of halogens is 2. The fourth-order valence-electron chi connectivity index (χ4n) is 1.53. The summed E-state index contributed by atoms with van der Waals surface area (Å²) in [6, 6.07) is 12.7. The SMILES string of the molecule is C[C@@H](N)c1ccc(Oc2ccccc2Cl)c(Cl)c1. The van der Waals surface area contributed by atoms with Crippen LogP contribution in [0.4, 0.5) is 0 Å². The van der Waals surface area contributed by atoms with Crippen molar-refractivity contribution in [3.63, 3.8) is 0 Å². The van der Waals surface area contributed by atoms with Gasteiger partial charge in [-0.05, 0) is 36.8 Å². The Morgan fingerprint density at radius 2 is 1.67 bits per heavy atom. The van der Waals surface area contributed by atoms with Gasteiger partial charge < -0.3 is 10.5 Å². The normalized spacial score (nSPS) is 12.2. The highest BCUT2D eigenvalue weighted by atomic mass is 35.5. The Morgan fingerprint density at radius 1 is 1.00 bits per heavy atom. The number of para-hydroxylation sites is 1. The van der Waals surface area contributed by atoms with Gasteiger partial charge in [-0.1, -0.05) is 41.4 Å². The summed E-state index contributed by atoms with van der Waals surface area (Å²) in [7, 11) is 0. The molecular formula is C14H13Cl2NO. The molecule has 2 aromatic rings. The van der Waals surface area contributed by atoms with E-state index in [2.05, 4.69) is 0 Å². The molecule has 0 aliphatic rings. The fraction of sp³-hybridized carbons (Fsp3) is 0.143. The molecule has 0 aliphatic heterocycles. The molecular weight excluding hydrogens is 269 g/mol. The van der Waals surface area contributed by atoms with E-state index in [1.165, 1.54) is 0 Å². The van der Waals surface area contributed by atoms with E-state index in [0.717, 1.165) is 5.56 Å². The number of hydrogen-bond acceptors (Lipinski definition) is 2. The largest absolute Gasteiger partial charge is 0.454 e. The van der Waals surface area contributed by atoms with Crippen LogP contribution in [0.2, 0.25) is 10.0 Å². The summed E-state index contributed by atoms with van der Waals surface area (Å²) < 4.78 is 5.67. The van der Waals surface area contributed by atoms with Gasteiger partial charge in [0.05, 0.1) is 10.0 Å². The Bertz CT molecular complexity index is 555. The molecule has 0 radical (unpaired) electrons. The maximum absolute atomic E-state index is 6.15. The Balaban J connectivity index is 2.28. The Labute approximate surface area is 116 Å². The molecule has 94 valence electrons. The van der Waals surface area contributed by atoms with Gasteiger partial charge in [0.1, 0.15) is 11.5 Å². The number of hydrogen-bond donors (Lipinski definition) is 1. The minimum absolute atomic E-state index is 0.0585. The smallest absolute Gasteiger partial charge is 0.146 e. The van der Waals surface area contributed by atoms with Gasteiger partial charge in [0.25, 0.3) is 0 Å². The minimum atomic E-state index is -0.0585. The van der Waals surface area contributed by atoms with Crippen molar-refractivity contribution < 1.29 is 4.74 Å². The van der Waals surface area contributed by atoms with Crippen LogP contribution in [0.3, 0.4) is 0 Å². The molecule has 2 nitrogen and oxygen atoms in total. The van der Waals surface area contributed by atoms with Gasteiger partial charge in [-0.3, -0.25) is 0 Å². The Hall–Kier alpha value is -1.22. The third-order valence-electron chi connectivity index (χ3n) is 2.54. The minimum Gasteiger partial charge on any atom is -0.454 e. The summed E-state index contributed by atoms with van der Waals surface area (Å²) in [4.78, 5) is 0. The molecule has 0 heterocycles. The van der Waals surface area contributed by atoms with Gasteiger partial charge in [-0.2, -0.15) is 0 Å². The monoisotopic (exact) mass is 281 g/mol. The maximum atomic E-state index is 6.15. The zero-order valence-corrected chi connectivity index (χ0v) is 11.4. The first-order valence-electron chi connectivity index (χ1n) is 5.55. The molecule has 0 amide bonds. The first kappa shape index (κ1) is 13.2. The van der Waals surface area contributed by atoms with Crippen molar-refractivity contribution >= 4 is 23.2 Å². The van der Waals surface area contributed by atoms with Crippen LogP contribution >= 0.6 is 23.2 Å². The zero-order chi connectivity index (χ0) is 13.1. The van der Waals surface area contributed by atoms with Crippen LogP contribution in [0, 0.1) is 0 Å². The highest BCUT2D eigenvalue weighted by Gasteiger charge is 2.08. The average molecular weight is 282 g/mol. The molecule has 0 unspecified atom stereocenters. The van der Waals surface area contributed by atoms with Crippen LogP contribution in [-0.4, -0.2) is 0 Å². The van der Waals surface area contributed by atoms with Crippen molar-refractivity contribution in [1.29, 1.82) is 0 Å². The second-order valence-corrected chi connectivity index (χ2v) is 4.83. The van der Waals surface area contributed by atoms with Crippen molar-refractivity contribution in [1.82, 2.24) is 0 Å². The summed E-state index contributed by atoms with van der Waals surface area (Å²) in [6.45, 7) is 1.90. The Kier molecular flexibility index (Phi) is 4.12. The standard InChI is InChI=1S/C14H13Cl2NO/c1-9(17)10-6-7-14(12(16)8-10)18-13-5-3-2-4-11(13)15/h2-9H,17H2,1H3/t9-/m1/s1. The molecule has 18 heavy (non-hydrogen) atoms. The van der Waals surface area contributed by atoms with Crippen molar-refractivity contribution in [2.75, 3.05) is 0 Å². The summed E-state index contributed by atoms with van der Waals surface area (Å²) in [5.74, 6) is 1.14. The van der Waals surface area contributed by atoms with Gasteiger partial charge in [-0.15, -0.1) is 0 Å². The molecule has 2 rings (SSSR count). The van der Waals surface area contributed by atoms with Gasteiger partial charge >= 0.3 is 0 Å². The highest BCUT2D eigenvalue weighted by Crippen LogP contribution is 2.34. The van der Waals surface area contributed by atoms with Gasteiger partial charge in [0.2, 0.25) is 0 Å². The summed E-state index contributed by atoms with van der Waals surface area (Å²) in [5.41, 5.74) is 6.75. The third-order valence-corrected chi connectivity index (χ3v) is 3.15. The molecule has 2 N–H and O–H groups in total. The maximum Gasteiger partial charge on any atom is 0.146 e.